The maximum atomic E-state index is 12.7. The van der Waals surface area contributed by atoms with Crippen LogP contribution in [0.4, 0.5) is 5.69 Å². The molecule has 3 aromatic carbocycles. The van der Waals surface area contributed by atoms with E-state index < -0.39 is 0 Å². The van der Waals surface area contributed by atoms with Crippen molar-refractivity contribution in [2.75, 3.05) is 19.5 Å². The number of hydrogen-bond donors (Lipinski definition) is 1. The number of benzene rings is 3. The van der Waals surface area contributed by atoms with Crippen LogP contribution in [0.5, 0.6) is 23.1 Å². The topological polar surface area (TPSA) is 82.6 Å². The molecule has 0 bridgehead atoms. The first kappa shape index (κ1) is 20.9. The molecule has 1 heterocycles. The highest BCUT2D eigenvalue weighted by molar-refractivity contribution is 6.05. The van der Waals surface area contributed by atoms with Crippen LogP contribution in [0.3, 0.4) is 0 Å². The zero-order chi connectivity index (χ0) is 22.3. The summed E-state index contributed by atoms with van der Waals surface area (Å²) in [6.07, 6.45) is 0. The number of nitrogens with one attached hydrogen (secondary N) is 1. The number of rotatable bonds is 7. The van der Waals surface area contributed by atoms with E-state index >= 15 is 0 Å². The van der Waals surface area contributed by atoms with Gasteiger partial charge in [0.15, 0.2) is 0 Å². The van der Waals surface area contributed by atoms with E-state index in [0.717, 1.165) is 11.3 Å². The Hall–Kier alpha value is -4.39. The fraction of sp³-hybridized carbons (Fsp3) is 0.0800. The zero-order valence-electron chi connectivity index (χ0n) is 17.6. The van der Waals surface area contributed by atoms with Gasteiger partial charge in [0.2, 0.25) is 5.88 Å². The highest BCUT2D eigenvalue weighted by Gasteiger charge is 2.11. The van der Waals surface area contributed by atoms with Crippen molar-refractivity contribution >= 4 is 11.6 Å². The number of anilines is 1. The molecule has 4 rings (SSSR count). The lowest BCUT2D eigenvalue weighted by Gasteiger charge is -2.10. The number of nitrogens with zero attached hydrogens (tertiary/aromatic N) is 2. The summed E-state index contributed by atoms with van der Waals surface area (Å²) in [4.78, 5) is 12.7. The largest absolute Gasteiger partial charge is 0.497 e. The van der Waals surface area contributed by atoms with Gasteiger partial charge < -0.3 is 19.5 Å². The van der Waals surface area contributed by atoms with Crippen LogP contribution in [-0.2, 0) is 0 Å². The van der Waals surface area contributed by atoms with Gasteiger partial charge in [0, 0.05) is 17.2 Å². The van der Waals surface area contributed by atoms with Gasteiger partial charge in [-0.3, -0.25) is 4.79 Å². The molecule has 32 heavy (non-hydrogen) atoms. The molecule has 1 amide bonds. The molecule has 0 aliphatic rings. The molecule has 160 valence electrons. The molecule has 0 spiro atoms. The second kappa shape index (κ2) is 9.61. The molecule has 0 aliphatic carbocycles. The van der Waals surface area contributed by atoms with Crippen molar-refractivity contribution < 1.29 is 19.0 Å². The molecular formula is C25H21N3O4. The Balaban J connectivity index is 1.48. The van der Waals surface area contributed by atoms with Gasteiger partial charge in [0.25, 0.3) is 5.91 Å². The third-order valence-electron chi connectivity index (χ3n) is 4.70. The van der Waals surface area contributed by atoms with Gasteiger partial charge in [-0.1, -0.05) is 24.3 Å². The van der Waals surface area contributed by atoms with Crippen LogP contribution in [0, 0.1) is 0 Å². The summed E-state index contributed by atoms with van der Waals surface area (Å²) in [6.45, 7) is 0. The van der Waals surface area contributed by atoms with Gasteiger partial charge in [-0.05, 0) is 54.6 Å². The molecule has 0 saturated carbocycles. The van der Waals surface area contributed by atoms with Crippen LogP contribution in [0.15, 0.2) is 84.9 Å². The van der Waals surface area contributed by atoms with Crippen molar-refractivity contribution in [3.63, 3.8) is 0 Å². The lowest BCUT2D eigenvalue weighted by atomic mass is 10.1. The molecular weight excluding hydrogens is 406 g/mol. The molecule has 0 aliphatic heterocycles. The predicted octanol–water partition coefficient (Wildman–Crippen LogP) is 5.21. The number of hydrogen-bond acceptors (Lipinski definition) is 6. The summed E-state index contributed by atoms with van der Waals surface area (Å²) >= 11 is 0. The van der Waals surface area contributed by atoms with Crippen LogP contribution < -0.4 is 19.5 Å². The van der Waals surface area contributed by atoms with Gasteiger partial charge in [-0.15, -0.1) is 10.2 Å². The lowest BCUT2D eigenvalue weighted by molar-refractivity contribution is 0.102. The van der Waals surface area contributed by atoms with E-state index in [4.69, 9.17) is 14.2 Å². The van der Waals surface area contributed by atoms with Gasteiger partial charge in [-0.25, -0.2) is 0 Å². The van der Waals surface area contributed by atoms with Gasteiger partial charge in [0.1, 0.15) is 17.2 Å². The predicted molar refractivity (Wildman–Crippen MR) is 121 cm³/mol. The molecule has 0 radical (unpaired) electrons. The van der Waals surface area contributed by atoms with Crippen LogP contribution in [0.25, 0.3) is 11.3 Å². The third kappa shape index (κ3) is 4.84. The number of para-hydroxylation sites is 2. The first-order chi connectivity index (χ1) is 15.7. The smallest absolute Gasteiger partial charge is 0.255 e. The minimum atomic E-state index is -0.247. The second-order valence-electron chi connectivity index (χ2n) is 6.77. The monoisotopic (exact) mass is 427 g/mol. The van der Waals surface area contributed by atoms with Crippen LogP contribution >= 0.6 is 0 Å². The molecule has 7 heteroatoms. The van der Waals surface area contributed by atoms with Crippen molar-refractivity contribution in [3.05, 3.63) is 90.5 Å². The number of aromatic nitrogens is 2. The maximum Gasteiger partial charge on any atom is 0.255 e. The van der Waals surface area contributed by atoms with Crippen molar-refractivity contribution in [3.8, 4) is 34.4 Å². The van der Waals surface area contributed by atoms with Crippen molar-refractivity contribution in [1.29, 1.82) is 0 Å². The van der Waals surface area contributed by atoms with E-state index in [1.807, 2.05) is 18.2 Å². The Kier molecular flexibility index (Phi) is 6.27. The fourth-order valence-electron chi connectivity index (χ4n) is 3.06. The Labute approximate surface area is 185 Å². The highest BCUT2D eigenvalue weighted by atomic mass is 16.5. The molecule has 0 fully saturated rings. The Morgan fingerprint density at radius 2 is 1.56 bits per heavy atom. The van der Waals surface area contributed by atoms with Crippen molar-refractivity contribution in [2.24, 2.45) is 0 Å². The lowest BCUT2D eigenvalue weighted by Crippen LogP contribution is -2.12. The fourth-order valence-corrected chi connectivity index (χ4v) is 3.06. The average Bonchev–Trinajstić information content (AvgIpc) is 2.85. The molecule has 0 saturated heterocycles. The normalized spacial score (nSPS) is 10.3. The van der Waals surface area contributed by atoms with E-state index in [0.29, 0.717) is 34.3 Å². The van der Waals surface area contributed by atoms with Gasteiger partial charge >= 0.3 is 0 Å². The Morgan fingerprint density at radius 3 is 2.28 bits per heavy atom. The SMILES string of the molecule is COc1ccc(Oc2ccc(-c3cccc(C(=O)Nc4ccccc4OC)c3)nn2)cc1. The second-order valence-corrected chi connectivity index (χ2v) is 6.77. The van der Waals surface area contributed by atoms with Crippen molar-refractivity contribution in [1.82, 2.24) is 10.2 Å². The highest BCUT2D eigenvalue weighted by Crippen LogP contribution is 2.26. The quantitative estimate of drug-likeness (QED) is 0.436. The number of carbonyl (C=O) groups excluding carboxylic acids is 1. The number of carbonyl (C=O) groups is 1. The summed E-state index contributed by atoms with van der Waals surface area (Å²) in [5.74, 6) is 2.08. The standard InChI is InChI=1S/C25H21N3O4/c1-30-19-10-12-20(13-11-19)32-24-15-14-21(27-28-24)17-6-5-7-18(16-17)25(29)26-22-8-3-4-9-23(22)31-2/h3-16H,1-2H3,(H,26,29). The minimum absolute atomic E-state index is 0.247. The average molecular weight is 427 g/mol. The van der Waals surface area contributed by atoms with Crippen LogP contribution in [0.1, 0.15) is 10.4 Å². The minimum Gasteiger partial charge on any atom is -0.497 e. The summed E-state index contributed by atoms with van der Waals surface area (Å²) in [5.41, 5.74) is 2.49. The number of amides is 1. The van der Waals surface area contributed by atoms with Crippen molar-refractivity contribution in [2.45, 2.75) is 0 Å². The first-order valence-corrected chi connectivity index (χ1v) is 9.87. The molecule has 7 nitrogen and oxygen atoms in total. The zero-order valence-corrected chi connectivity index (χ0v) is 17.6. The number of methoxy groups -OCH3 is 2. The third-order valence-corrected chi connectivity index (χ3v) is 4.70. The van der Waals surface area contributed by atoms with E-state index in [-0.39, 0.29) is 5.91 Å². The van der Waals surface area contributed by atoms with Crippen LogP contribution in [-0.4, -0.2) is 30.3 Å². The summed E-state index contributed by atoms with van der Waals surface area (Å²) < 4.78 is 16.1. The molecule has 0 unspecified atom stereocenters. The van der Waals surface area contributed by atoms with E-state index in [1.165, 1.54) is 0 Å². The number of ether oxygens (including phenoxy) is 3. The van der Waals surface area contributed by atoms with E-state index in [1.54, 1.807) is 80.9 Å². The van der Waals surface area contributed by atoms with E-state index in [2.05, 4.69) is 15.5 Å². The summed E-state index contributed by atoms with van der Waals surface area (Å²) in [6, 6.07) is 25.1. The Morgan fingerprint density at radius 1 is 0.781 bits per heavy atom. The van der Waals surface area contributed by atoms with Gasteiger partial charge in [-0.2, -0.15) is 0 Å². The molecule has 4 aromatic rings. The summed E-state index contributed by atoms with van der Waals surface area (Å²) in [5, 5.41) is 11.2. The summed E-state index contributed by atoms with van der Waals surface area (Å²) in [7, 11) is 3.17. The molecule has 0 atom stereocenters. The maximum absolute atomic E-state index is 12.7. The Bertz CT molecular complexity index is 1210. The molecule has 1 aromatic heterocycles. The first-order valence-electron chi connectivity index (χ1n) is 9.87. The van der Waals surface area contributed by atoms with E-state index in [9.17, 15) is 4.79 Å². The van der Waals surface area contributed by atoms with Crippen LogP contribution in [0.2, 0.25) is 0 Å². The van der Waals surface area contributed by atoms with Gasteiger partial charge in [0.05, 0.1) is 25.6 Å². The molecule has 1 N–H and O–H groups in total.